The minimum atomic E-state index is -0.245. The van der Waals surface area contributed by atoms with E-state index in [1.807, 2.05) is 13.0 Å². The van der Waals surface area contributed by atoms with Gasteiger partial charge < -0.3 is 5.32 Å². The summed E-state index contributed by atoms with van der Waals surface area (Å²) in [5.74, 6) is -0.195. The highest BCUT2D eigenvalue weighted by Crippen LogP contribution is 2.07. The van der Waals surface area contributed by atoms with Crippen LogP contribution in [0.3, 0.4) is 0 Å². The Bertz CT molecular complexity index is 392. The third-order valence-corrected chi connectivity index (χ3v) is 3.18. The van der Waals surface area contributed by atoms with Crippen LogP contribution in [-0.4, -0.2) is 11.9 Å². The van der Waals surface area contributed by atoms with Crippen molar-refractivity contribution in [2.75, 3.05) is 0 Å². The lowest BCUT2D eigenvalue weighted by Crippen LogP contribution is -2.32. The lowest BCUT2D eigenvalue weighted by molar-refractivity contribution is -0.121. The zero-order chi connectivity index (χ0) is 14.1. The fraction of sp³-hybridized carbons (Fsp3) is 0.562. The predicted molar refractivity (Wildman–Crippen MR) is 76.5 cm³/mol. The Morgan fingerprint density at radius 2 is 2.16 bits per heavy atom. The van der Waals surface area contributed by atoms with Gasteiger partial charge in [-0.15, -0.1) is 0 Å². The normalized spacial score (nSPS) is 12.2. The standard InChI is InChI=1S/C16H24FNO/c1-3-4-5-7-13(2)18-16(19)11-10-14-8-6-9-15(17)12-14/h6,8-9,12-13H,3-5,7,10-11H2,1-2H3,(H,18,19). The summed E-state index contributed by atoms with van der Waals surface area (Å²) in [6.45, 7) is 4.21. The van der Waals surface area contributed by atoms with Crippen molar-refractivity contribution in [1.82, 2.24) is 5.32 Å². The summed E-state index contributed by atoms with van der Waals surface area (Å²) in [6, 6.07) is 6.65. The largest absolute Gasteiger partial charge is 0.354 e. The van der Waals surface area contributed by atoms with E-state index in [0.717, 1.165) is 18.4 Å². The van der Waals surface area contributed by atoms with Gasteiger partial charge in [-0.25, -0.2) is 4.39 Å². The minimum absolute atomic E-state index is 0.0493. The van der Waals surface area contributed by atoms with Crippen LogP contribution < -0.4 is 5.32 Å². The quantitative estimate of drug-likeness (QED) is 0.711. The van der Waals surface area contributed by atoms with E-state index in [-0.39, 0.29) is 17.8 Å². The van der Waals surface area contributed by atoms with Gasteiger partial charge in [0.15, 0.2) is 0 Å². The second-order valence-electron chi connectivity index (χ2n) is 5.09. The van der Waals surface area contributed by atoms with Crippen LogP contribution in [0.1, 0.15) is 51.5 Å². The van der Waals surface area contributed by atoms with Gasteiger partial charge in [-0.2, -0.15) is 0 Å². The fourth-order valence-electron chi connectivity index (χ4n) is 2.07. The smallest absolute Gasteiger partial charge is 0.220 e. The van der Waals surface area contributed by atoms with Crippen LogP contribution in [0.25, 0.3) is 0 Å². The monoisotopic (exact) mass is 265 g/mol. The van der Waals surface area contributed by atoms with Crippen molar-refractivity contribution in [2.45, 2.75) is 58.4 Å². The van der Waals surface area contributed by atoms with E-state index >= 15 is 0 Å². The molecule has 0 saturated carbocycles. The summed E-state index contributed by atoms with van der Waals surface area (Å²) in [5.41, 5.74) is 0.869. The Kier molecular flexibility index (Phi) is 7.16. The van der Waals surface area contributed by atoms with Crippen LogP contribution >= 0.6 is 0 Å². The van der Waals surface area contributed by atoms with Crippen molar-refractivity contribution in [2.24, 2.45) is 0 Å². The maximum absolute atomic E-state index is 13.0. The lowest BCUT2D eigenvalue weighted by atomic mass is 10.1. The van der Waals surface area contributed by atoms with Crippen molar-refractivity contribution < 1.29 is 9.18 Å². The third kappa shape index (κ3) is 6.94. The van der Waals surface area contributed by atoms with E-state index in [1.54, 1.807) is 6.07 Å². The molecule has 2 nitrogen and oxygen atoms in total. The molecule has 0 saturated heterocycles. The summed E-state index contributed by atoms with van der Waals surface area (Å²) >= 11 is 0. The highest BCUT2D eigenvalue weighted by atomic mass is 19.1. The average molecular weight is 265 g/mol. The van der Waals surface area contributed by atoms with Gasteiger partial charge in [0, 0.05) is 12.5 Å². The molecule has 1 aromatic carbocycles. The molecule has 0 radical (unpaired) electrons. The minimum Gasteiger partial charge on any atom is -0.354 e. The second kappa shape index (κ2) is 8.68. The molecule has 0 aromatic heterocycles. The van der Waals surface area contributed by atoms with Crippen LogP contribution in [0.2, 0.25) is 0 Å². The van der Waals surface area contributed by atoms with E-state index in [2.05, 4.69) is 12.2 Å². The third-order valence-electron chi connectivity index (χ3n) is 3.18. The molecule has 0 aliphatic carbocycles. The number of benzene rings is 1. The van der Waals surface area contributed by atoms with Gasteiger partial charge in [-0.3, -0.25) is 4.79 Å². The van der Waals surface area contributed by atoms with Crippen molar-refractivity contribution in [3.05, 3.63) is 35.6 Å². The molecule has 1 N–H and O–H groups in total. The van der Waals surface area contributed by atoms with Crippen molar-refractivity contribution in [3.8, 4) is 0 Å². The first-order valence-corrected chi connectivity index (χ1v) is 7.15. The number of unbranched alkanes of at least 4 members (excludes halogenated alkanes) is 2. The summed E-state index contributed by atoms with van der Waals surface area (Å²) < 4.78 is 13.0. The number of aryl methyl sites for hydroxylation is 1. The summed E-state index contributed by atoms with van der Waals surface area (Å²) in [7, 11) is 0. The molecule has 0 spiro atoms. The molecule has 19 heavy (non-hydrogen) atoms. The zero-order valence-electron chi connectivity index (χ0n) is 11.9. The molecule has 0 aliphatic heterocycles. The maximum Gasteiger partial charge on any atom is 0.220 e. The Morgan fingerprint density at radius 1 is 1.37 bits per heavy atom. The number of halogens is 1. The van der Waals surface area contributed by atoms with Crippen LogP contribution in [-0.2, 0) is 11.2 Å². The van der Waals surface area contributed by atoms with Gasteiger partial charge in [-0.05, 0) is 37.5 Å². The van der Waals surface area contributed by atoms with Gasteiger partial charge in [0.05, 0.1) is 0 Å². The summed E-state index contributed by atoms with van der Waals surface area (Å²) in [5, 5.41) is 2.99. The van der Waals surface area contributed by atoms with Crippen molar-refractivity contribution >= 4 is 5.91 Å². The van der Waals surface area contributed by atoms with E-state index in [4.69, 9.17) is 0 Å². The second-order valence-corrected chi connectivity index (χ2v) is 5.09. The number of hydrogen-bond donors (Lipinski definition) is 1. The van der Waals surface area contributed by atoms with Crippen LogP contribution in [0.4, 0.5) is 4.39 Å². The number of carbonyl (C=O) groups is 1. The molecule has 1 unspecified atom stereocenters. The van der Waals surface area contributed by atoms with Crippen LogP contribution in [0, 0.1) is 5.82 Å². The first-order chi connectivity index (χ1) is 9.11. The molecule has 3 heteroatoms. The Balaban J connectivity index is 2.24. The number of hydrogen-bond acceptors (Lipinski definition) is 1. The Morgan fingerprint density at radius 3 is 2.84 bits per heavy atom. The summed E-state index contributed by atoms with van der Waals surface area (Å²) in [6.07, 6.45) is 5.60. The number of carbonyl (C=O) groups excluding carboxylic acids is 1. The number of rotatable bonds is 8. The van der Waals surface area contributed by atoms with E-state index in [1.165, 1.54) is 25.0 Å². The average Bonchev–Trinajstić information content (AvgIpc) is 2.37. The lowest BCUT2D eigenvalue weighted by Gasteiger charge is -2.13. The summed E-state index contributed by atoms with van der Waals surface area (Å²) in [4.78, 5) is 11.7. The highest BCUT2D eigenvalue weighted by molar-refractivity contribution is 5.76. The molecule has 0 heterocycles. The van der Waals surface area contributed by atoms with Gasteiger partial charge in [0.25, 0.3) is 0 Å². The fourth-order valence-corrected chi connectivity index (χ4v) is 2.07. The molecule has 106 valence electrons. The van der Waals surface area contributed by atoms with Gasteiger partial charge in [0.1, 0.15) is 5.82 Å². The topological polar surface area (TPSA) is 29.1 Å². The van der Waals surface area contributed by atoms with E-state index in [0.29, 0.717) is 12.8 Å². The molecule has 1 rings (SSSR count). The van der Waals surface area contributed by atoms with E-state index < -0.39 is 0 Å². The van der Waals surface area contributed by atoms with Gasteiger partial charge in [0.2, 0.25) is 5.91 Å². The van der Waals surface area contributed by atoms with Crippen molar-refractivity contribution in [1.29, 1.82) is 0 Å². The van der Waals surface area contributed by atoms with Gasteiger partial charge in [-0.1, -0.05) is 38.3 Å². The molecule has 1 aromatic rings. The Hall–Kier alpha value is -1.38. The van der Waals surface area contributed by atoms with Crippen LogP contribution in [0.15, 0.2) is 24.3 Å². The SMILES string of the molecule is CCCCCC(C)NC(=O)CCc1cccc(F)c1. The van der Waals surface area contributed by atoms with E-state index in [9.17, 15) is 9.18 Å². The molecular formula is C16H24FNO. The van der Waals surface area contributed by atoms with Crippen molar-refractivity contribution in [3.63, 3.8) is 0 Å². The molecule has 1 atom stereocenters. The molecule has 0 aliphatic rings. The predicted octanol–water partition coefficient (Wildman–Crippen LogP) is 3.84. The number of nitrogens with one attached hydrogen (secondary N) is 1. The molecular weight excluding hydrogens is 241 g/mol. The number of amides is 1. The highest BCUT2D eigenvalue weighted by Gasteiger charge is 2.07. The van der Waals surface area contributed by atoms with Gasteiger partial charge >= 0.3 is 0 Å². The van der Waals surface area contributed by atoms with Crippen LogP contribution in [0.5, 0.6) is 0 Å². The first kappa shape index (κ1) is 15.7. The Labute approximate surface area is 115 Å². The maximum atomic E-state index is 13.0. The molecule has 0 fully saturated rings. The molecule has 1 amide bonds. The zero-order valence-corrected chi connectivity index (χ0v) is 11.9. The first-order valence-electron chi connectivity index (χ1n) is 7.15. The molecule has 0 bridgehead atoms.